The maximum Gasteiger partial charge on any atom is 0.345 e. The van der Waals surface area contributed by atoms with Gasteiger partial charge in [-0.1, -0.05) is 90.0 Å². The monoisotopic (exact) mass is 1230 g/mol. The molecule has 10 aromatic carbocycles. The molecule has 0 saturated heterocycles. The van der Waals surface area contributed by atoms with Crippen molar-refractivity contribution in [2.75, 3.05) is 27.4 Å². The third-order valence-electron chi connectivity index (χ3n) is 14.0. The third-order valence-corrected chi connectivity index (χ3v) is 14.0. The predicted octanol–water partition coefficient (Wildman–Crippen LogP) is 16.0. The summed E-state index contributed by atoms with van der Waals surface area (Å²) < 4.78 is 42.6. The normalized spacial score (nSPS) is 10.4. The number of esters is 4. The molecule has 0 spiro atoms. The van der Waals surface area contributed by atoms with Crippen molar-refractivity contribution in [2.24, 2.45) is 0 Å². The minimum Gasteiger partial charge on any atom is -0.497 e. The lowest BCUT2D eigenvalue weighted by Gasteiger charge is -2.08. The Balaban J connectivity index is 0.000000166. The van der Waals surface area contributed by atoms with Gasteiger partial charge in [0.1, 0.15) is 51.7 Å². The summed E-state index contributed by atoms with van der Waals surface area (Å²) in [6.45, 7) is 8.87. The lowest BCUT2D eigenvalue weighted by molar-refractivity contribution is 0.0724. The molecule has 11 aromatic rings. The first kappa shape index (κ1) is 64.5. The van der Waals surface area contributed by atoms with Crippen molar-refractivity contribution in [3.63, 3.8) is 0 Å². The van der Waals surface area contributed by atoms with Gasteiger partial charge in [0.05, 0.1) is 49.7 Å². The van der Waals surface area contributed by atoms with E-state index < -0.39 is 23.9 Å². The summed E-state index contributed by atoms with van der Waals surface area (Å²) in [4.78, 5) is 78.9. The highest BCUT2D eigenvalue weighted by molar-refractivity contribution is 6.11. The molecule has 0 bridgehead atoms. The van der Waals surface area contributed by atoms with E-state index in [1.807, 2.05) is 94.4 Å². The van der Waals surface area contributed by atoms with Crippen molar-refractivity contribution in [3.8, 4) is 57.1 Å². The number of fused-ring (bicyclic) bond motifs is 1. The fourth-order valence-corrected chi connectivity index (χ4v) is 8.98. The zero-order valence-electron chi connectivity index (χ0n) is 51.2. The molecule has 0 N–H and O–H groups in total. The fraction of sp³-hybridized carbons (Fsp3) is 0.104. The number of carbonyl (C=O) groups is 6. The van der Waals surface area contributed by atoms with E-state index in [1.54, 1.807) is 184 Å². The summed E-state index contributed by atoms with van der Waals surface area (Å²) in [6.07, 6.45) is 1.36. The second kappa shape index (κ2) is 31.3. The maximum absolute atomic E-state index is 12.8. The Morgan fingerprint density at radius 1 is 0.304 bits per heavy atom. The second-order valence-corrected chi connectivity index (χ2v) is 20.5. The molecule has 11 rings (SSSR count). The number of hydrogen-bond donors (Lipinski definition) is 0. The van der Waals surface area contributed by atoms with Gasteiger partial charge in [0.25, 0.3) is 0 Å². The maximum atomic E-state index is 12.8. The second-order valence-electron chi connectivity index (χ2n) is 20.5. The minimum atomic E-state index is -0.509. The van der Waals surface area contributed by atoms with Gasteiger partial charge in [-0.25, -0.2) is 19.2 Å². The quantitative estimate of drug-likeness (QED) is 0.0422. The zero-order chi connectivity index (χ0) is 64.9. The standard InChI is InChI=1S/C30H26O6.C26H20O5.C21H17NO3/c1-3-33-25-13-17-27(18-14-25)35-29(31)23-9-5-21(6-10-23)22-7-11-24(12-8-22)30(32)36-28-19-15-26(16-20-28)34-4-2;1-29-22-9-7-17(8-10-22)25(27)20-5-3-19-16-21(6-4-18(19)15-20)26(28)31-24-13-11-23(30-2)12-14-24;1-14-3-7-16(8-4-14)20(23)19-12-9-17(13-22-19)21(24)25-18-10-5-15(2)6-11-18/h5-20H,3-4H2,1-2H3;3-16H,1-2H3;3-13H,1-2H3. The van der Waals surface area contributed by atoms with E-state index in [4.69, 9.17) is 37.9 Å². The van der Waals surface area contributed by atoms with Crippen LogP contribution in [0.25, 0.3) is 21.9 Å². The van der Waals surface area contributed by atoms with E-state index in [1.165, 1.54) is 12.3 Å². The van der Waals surface area contributed by atoms with Gasteiger partial charge < -0.3 is 37.9 Å². The number of methoxy groups -OCH3 is 2. The number of ketones is 2. The van der Waals surface area contributed by atoms with Gasteiger partial charge >= 0.3 is 23.9 Å². The van der Waals surface area contributed by atoms with Gasteiger partial charge in [-0.3, -0.25) is 14.6 Å². The number of carbonyl (C=O) groups excluding carboxylic acids is 6. The van der Waals surface area contributed by atoms with Crippen LogP contribution in [0.4, 0.5) is 0 Å². The van der Waals surface area contributed by atoms with Gasteiger partial charge in [-0.2, -0.15) is 0 Å². The van der Waals surface area contributed by atoms with E-state index in [0.29, 0.717) is 86.7 Å². The lowest BCUT2D eigenvalue weighted by atomic mass is 9.99. The summed E-state index contributed by atoms with van der Waals surface area (Å²) in [5.74, 6) is 2.50. The largest absolute Gasteiger partial charge is 0.497 e. The Kier molecular flexibility index (Phi) is 21.9. The number of nitrogens with zero attached hydrogens (tertiary/aromatic N) is 1. The average molecular weight is 1230 g/mol. The molecule has 92 heavy (non-hydrogen) atoms. The zero-order valence-corrected chi connectivity index (χ0v) is 51.2. The molecule has 0 aliphatic rings. The Morgan fingerprint density at radius 2 is 0.609 bits per heavy atom. The Morgan fingerprint density at radius 3 is 1.02 bits per heavy atom. The van der Waals surface area contributed by atoms with Gasteiger partial charge in [-0.05, 0) is 213 Å². The van der Waals surface area contributed by atoms with Crippen LogP contribution in [-0.4, -0.2) is 67.9 Å². The molecule has 460 valence electrons. The van der Waals surface area contributed by atoms with Crippen LogP contribution in [0, 0.1) is 13.8 Å². The predicted molar refractivity (Wildman–Crippen MR) is 350 cm³/mol. The fourth-order valence-electron chi connectivity index (χ4n) is 8.98. The summed E-state index contributed by atoms with van der Waals surface area (Å²) in [5.41, 5.74) is 7.57. The Hall–Kier alpha value is -12.0. The number of aromatic nitrogens is 1. The van der Waals surface area contributed by atoms with Crippen LogP contribution in [0.2, 0.25) is 0 Å². The summed E-state index contributed by atoms with van der Waals surface area (Å²) in [6, 6.07) is 70.0. The van der Waals surface area contributed by atoms with Crippen LogP contribution in [0.5, 0.6) is 46.0 Å². The summed E-state index contributed by atoms with van der Waals surface area (Å²) in [5, 5.41) is 1.70. The molecular weight excluding hydrogens is 1160 g/mol. The molecule has 1 aromatic heterocycles. The van der Waals surface area contributed by atoms with Crippen LogP contribution < -0.4 is 37.9 Å². The Bertz CT molecular complexity index is 4220. The van der Waals surface area contributed by atoms with Gasteiger partial charge in [0.2, 0.25) is 5.78 Å². The average Bonchev–Trinajstić information content (AvgIpc) is 3.60. The first-order valence-electron chi connectivity index (χ1n) is 29.2. The van der Waals surface area contributed by atoms with E-state index in [-0.39, 0.29) is 17.3 Å². The van der Waals surface area contributed by atoms with Crippen molar-refractivity contribution >= 4 is 46.2 Å². The van der Waals surface area contributed by atoms with E-state index >= 15 is 0 Å². The molecule has 0 aliphatic carbocycles. The molecule has 15 heteroatoms. The number of rotatable bonds is 19. The van der Waals surface area contributed by atoms with Crippen LogP contribution in [0.15, 0.2) is 249 Å². The minimum absolute atomic E-state index is 0.0763. The molecule has 1 heterocycles. The van der Waals surface area contributed by atoms with Gasteiger partial charge in [-0.15, -0.1) is 0 Å². The molecule has 0 unspecified atom stereocenters. The van der Waals surface area contributed by atoms with Crippen LogP contribution in [0.3, 0.4) is 0 Å². The molecule has 0 amide bonds. The van der Waals surface area contributed by atoms with Crippen molar-refractivity contribution in [2.45, 2.75) is 27.7 Å². The number of benzene rings is 10. The highest BCUT2D eigenvalue weighted by atomic mass is 16.5. The van der Waals surface area contributed by atoms with E-state index in [0.717, 1.165) is 44.5 Å². The van der Waals surface area contributed by atoms with Crippen LogP contribution >= 0.6 is 0 Å². The molecular formula is C77H63NO14. The van der Waals surface area contributed by atoms with E-state index in [2.05, 4.69) is 4.98 Å². The van der Waals surface area contributed by atoms with Gasteiger partial charge in [0, 0.05) is 22.9 Å². The topological polar surface area (TPSA) is 189 Å². The molecule has 0 aliphatic heterocycles. The Labute approximate surface area is 532 Å². The lowest BCUT2D eigenvalue weighted by Crippen LogP contribution is -2.10. The smallest absolute Gasteiger partial charge is 0.345 e. The molecule has 0 fully saturated rings. The highest BCUT2D eigenvalue weighted by Gasteiger charge is 2.17. The van der Waals surface area contributed by atoms with Crippen molar-refractivity contribution in [3.05, 3.63) is 305 Å². The van der Waals surface area contributed by atoms with Crippen molar-refractivity contribution < 1.29 is 66.7 Å². The van der Waals surface area contributed by atoms with Crippen LogP contribution in [-0.2, 0) is 0 Å². The first-order valence-corrected chi connectivity index (χ1v) is 29.2. The summed E-state index contributed by atoms with van der Waals surface area (Å²) >= 11 is 0. The third kappa shape index (κ3) is 17.6. The SMILES string of the molecule is CCOc1ccc(OC(=O)c2ccc(-c3ccc(C(=O)Oc4ccc(OCC)cc4)cc3)cc2)cc1.COc1ccc(OC(=O)c2ccc3cc(C(=O)c4ccc(OC)cc4)ccc3c2)cc1.Cc1ccc(OC(=O)c2ccc(C(=O)c3ccc(C)cc3)nc2)cc1. The molecule has 0 radical (unpaired) electrons. The molecule has 15 nitrogen and oxygen atoms in total. The summed E-state index contributed by atoms with van der Waals surface area (Å²) in [7, 11) is 3.16. The highest BCUT2D eigenvalue weighted by Crippen LogP contribution is 2.27. The molecule has 0 atom stereocenters. The van der Waals surface area contributed by atoms with Gasteiger partial charge in [0.15, 0.2) is 5.78 Å². The van der Waals surface area contributed by atoms with Crippen molar-refractivity contribution in [1.29, 1.82) is 0 Å². The molecule has 0 saturated carbocycles. The number of hydrogen-bond acceptors (Lipinski definition) is 15. The van der Waals surface area contributed by atoms with Crippen molar-refractivity contribution in [1.82, 2.24) is 4.98 Å². The number of aryl methyl sites for hydroxylation is 2. The van der Waals surface area contributed by atoms with Crippen LogP contribution in [0.1, 0.15) is 98.4 Å². The number of pyridine rings is 1. The van der Waals surface area contributed by atoms with E-state index in [9.17, 15) is 28.8 Å². The number of ether oxygens (including phenoxy) is 8. The first-order chi connectivity index (χ1) is 44.6.